The second kappa shape index (κ2) is 6.02. The molecular formula is C15H15N3O2. The number of aromatic nitrogens is 2. The molecule has 102 valence electrons. The Kier molecular flexibility index (Phi) is 4.16. The minimum atomic E-state index is -0.525. The number of nitriles is 1. The highest BCUT2D eigenvalue weighted by Crippen LogP contribution is 2.37. The van der Waals surface area contributed by atoms with Crippen molar-refractivity contribution >= 4 is 0 Å². The molecule has 1 atom stereocenters. The molecule has 1 aromatic heterocycles. The third-order valence-corrected chi connectivity index (χ3v) is 3.14. The van der Waals surface area contributed by atoms with Crippen molar-refractivity contribution in [2.45, 2.75) is 12.8 Å². The van der Waals surface area contributed by atoms with Gasteiger partial charge in [0.25, 0.3) is 0 Å². The molecular weight excluding hydrogens is 254 g/mol. The first-order valence-corrected chi connectivity index (χ1v) is 6.11. The van der Waals surface area contributed by atoms with Crippen LogP contribution in [0.25, 0.3) is 0 Å². The van der Waals surface area contributed by atoms with Crippen molar-refractivity contribution in [3.05, 3.63) is 47.3 Å². The van der Waals surface area contributed by atoms with E-state index in [0.29, 0.717) is 11.4 Å². The van der Waals surface area contributed by atoms with Gasteiger partial charge in [0.05, 0.1) is 26.0 Å². The highest BCUT2D eigenvalue weighted by atomic mass is 16.5. The summed E-state index contributed by atoms with van der Waals surface area (Å²) in [6.45, 7) is 1.90. The molecule has 0 N–H and O–H groups in total. The van der Waals surface area contributed by atoms with Gasteiger partial charge in [0.1, 0.15) is 17.4 Å². The van der Waals surface area contributed by atoms with Gasteiger partial charge >= 0.3 is 0 Å². The first-order valence-electron chi connectivity index (χ1n) is 6.11. The lowest BCUT2D eigenvalue weighted by atomic mass is 9.94. The highest BCUT2D eigenvalue weighted by molar-refractivity contribution is 5.53. The van der Waals surface area contributed by atoms with Gasteiger partial charge in [-0.3, -0.25) is 0 Å². The number of hydrogen-bond donors (Lipinski definition) is 0. The smallest absolute Gasteiger partial charge is 0.130 e. The Morgan fingerprint density at radius 2 is 2.00 bits per heavy atom. The second-order valence-corrected chi connectivity index (χ2v) is 4.23. The van der Waals surface area contributed by atoms with Gasteiger partial charge in [-0.1, -0.05) is 0 Å². The van der Waals surface area contributed by atoms with Crippen molar-refractivity contribution in [2.75, 3.05) is 14.2 Å². The Morgan fingerprint density at radius 3 is 2.55 bits per heavy atom. The molecule has 1 heterocycles. The fourth-order valence-corrected chi connectivity index (χ4v) is 2.18. The normalized spacial score (nSPS) is 11.5. The van der Waals surface area contributed by atoms with E-state index in [9.17, 15) is 5.26 Å². The third-order valence-electron chi connectivity index (χ3n) is 3.14. The maximum absolute atomic E-state index is 9.47. The summed E-state index contributed by atoms with van der Waals surface area (Å²) in [5.41, 5.74) is 2.21. The Balaban J connectivity index is 2.57. The molecule has 2 rings (SSSR count). The molecule has 20 heavy (non-hydrogen) atoms. The zero-order valence-electron chi connectivity index (χ0n) is 11.6. The van der Waals surface area contributed by atoms with Gasteiger partial charge in [0, 0.05) is 17.3 Å². The van der Waals surface area contributed by atoms with Gasteiger partial charge < -0.3 is 9.47 Å². The highest BCUT2D eigenvalue weighted by Gasteiger charge is 2.22. The largest absolute Gasteiger partial charge is 0.496 e. The summed E-state index contributed by atoms with van der Waals surface area (Å²) in [6, 6.07) is 9.44. The summed E-state index contributed by atoms with van der Waals surface area (Å²) in [5.74, 6) is 0.839. The predicted octanol–water partition coefficient (Wildman–Crippen LogP) is 2.46. The fraction of sp³-hybridized carbons (Fsp3) is 0.267. The monoisotopic (exact) mass is 269 g/mol. The molecule has 0 saturated carbocycles. The minimum absolute atomic E-state index is 0.525. The van der Waals surface area contributed by atoms with E-state index >= 15 is 0 Å². The summed E-state index contributed by atoms with van der Waals surface area (Å²) in [6.07, 6.45) is 1.58. The van der Waals surface area contributed by atoms with Crippen molar-refractivity contribution in [1.29, 1.82) is 5.26 Å². The van der Waals surface area contributed by atoms with Crippen molar-refractivity contribution in [3.8, 4) is 17.6 Å². The van der Waals surface area contributed by atoms with Crippen LogP contribution in [0.5, 0.6) is 11.5 Å². The number of hydrogen-bond acceptors (Lipinski definition) is 5. The first-order chi connectivity index (χ1) is 9.72. The Labute approximate surface area is 117 Å². The molecule has 0 fully saturated rings. The van der Waals surface area contributed by atoms with Crippen molar-refractivity contribution in [2.24, 2.45) is 0 Å². The first kappa shape index (κ1) is 13.8. The molecule has 1 unspecified atom stereocenters. The maximum Gasteiger partial charge on any atom is 0.130 e. The Morgan fingerprint density at radius 1 is 1.20 bits per heavy atom. The molecule has 5 heteroatoms. The average molecular weight is 269 g/mol. The van der Waals surface area contributed by atoms with E-state index in [0.717, 1.165) is 16.9 Å². The van der Waals surface area contributed by atoms with Crippen LogP contribution in [-0.2, 0) is 0 Å². The molecule has 0 saturated heterocycles. The molecule has 1 aromatic carbocycles. The fourth-order valence-electron chi connectivity index (χ4n) is 2.18. The number of benzene rings is 1. The lowest BCUT2D eigenvalue weighted by Gasteiger charge is -2.17. The molecule has 0 bridgehead atoms. The zero-order chi connectivity index (χ0) is 14.5. The summed E-state index contributed by atoms with van der Waals surface area (Å²) >= 11 is 0. The number of methoxy groups -OCH3 is 2. The van der Waals surface area contributed by atoms with Crippen LogP contribution in [0.1, 0.15) is 22.7 Å². The molecule has 0 amide bonds. The van der Waals surface area contributed by atoms with E-state index in [-0.39, 0.29) is 0 Å². The minimum Gasteiger partial charge on any atom is -0.496 e. The summed E-state index contributed by atoms with van der Waals surface area (Å²) < 4.78 is 10.7. The molecule has 0 aliphatic heterocycles. The summed E-state index contributed by atoms with van der Waals surface area (Å²) in [4.78, 5) is 0. The van der Waals surface area contributed by atoms with Crippen molar-refractivity contribution in [1.82, 2.24) is 10.2 Å². The maximum atomic E-state index is 9.47. The molecule has 5 nitrogen and oxygen atoms in total. The van der Waals surface area contributed by atoms with E-state index in [1.54, 1.807) is 32.5 Å². The van der Waals surface area contributed by atoms with Crippen LogP contribution in [0, 0.1) is 18.3 Å². The molecule has 0 aliphatic carbocycles. The third kappa shape index (κ3) is 2.41. The standard InChI is InChI=1S/C15H15N3O2/c1-10-14(19-2)7-6-11(15(10)20-3)12(9-16)13-5-4-8-17-18-13/h4-8,12H,1-3H3. The van der Waals surface area contributed by atoms with Gasteiger partial charge in [-0.05, 0) is 31.2 Å². The van der Waals surface area contributed by atoms with Gasteiger partial charge in [-0.2, -0.15) is 15.5 Å². The lowest BCUT2D eigenvalue weighted by Crippen LogP contribution is -2.06. The average Bonchev–Trinajstić information content (AvgIpc) is 2.49. The predicted molar refractivity (Wildman–Crippen MR) is 73.8 cm³/mol. The second-order valence-electron chi connectivity index (χ2n) is 4.23. The summed E-state index contributed by atoms with van der Waals surface area (Å²) in [7, 11) is 3.18. The van der Waals surface area contributed by atoms with Crippen LogP contribution in [-0.4, -0.2) is 24.4 Å². The van der Waals surface area contributed by atoms with Crippen LogP contribution in [0.2, 0.25) is 0 Å². The lowest BCUT2D eigenvalue weighted by molar-refractivity contribution is 0.385. The van der Waals surface area contributed by atoms with Gasteiger partial charge in [-0.25, -0.2) is 0 Å². The summed E-state index contributed by atoms with van der Waals surface area (Å²) in [5, 5.41) is 17.3. The molecule has 0 spiro atoms. The number of rotatable bonds is 4. The van der Waals surface area contributed by atoms with Crippen LogP contribution in [0.4, 0.5) is 0 Å². The molecule has 0 radical (unpaired) electrons. The van der Waals surface area contributed by atoms with E-state index < -0.39 is 5.92 Å². The van der Waals surface area contributed by atoms with Gasteiger partial charge in [-0.15, -0.1) is 0 Å². The van der Waals surface area contributed by atoms with E-state index in [2.05, 4.69) is 16.3 Å². The van der Waals surface area contributed by atoms with Crippen LogP contribution in [0.3, 0.4) is 0 Å². The van der Waals surface area contributed by atoms with Gasteiger partial charge in [0.2, 0.25) is 0 Å². The molecule has 0 aliphatic rings. The quantitative estimate of drug-likeness (QED) is 0.852. The number of ether oxygens (including phenoxy) is 2. The number of nitrogens with zero attached hydrogens (tertiary/aromatic N) is 3. The van der Waals surface area contributed by atoms with E-state index in [4.69, 9.17) is 9.47 Å². The SMILES string of the molecule is COc1ccc(C(C#N)c2cccnn2)c(OC)c1C. The van der Waals surface area contributed by atoms with Crippen LogP contribution in [0.15, 0.2) is 30.5 Å². The van der Waals surface area contributed by atoms with Gasteiger partial charge in [0.15, 0.2) is 0 Å². The topological polar surface area (TPSA) is 68.0 Å². The van der Waals surface area contributed by atoms with E-state index in [1.807, 2.05) is 19.1 Å². The van der Waals surface area contributed by atoms with Crippen molar-refractivity contribution < 1.29 is 9.47 Å². The zero-order valence-corrected chi connectivity index (χ0v) is 11.6. The Bertz CT molecular complexity index is 636. The van der Waals surface area contributed by atoms with E-state index in [1.165, 1.54) is 0 Å². The van der Waals surface area contributed by atoms with Crippen LogP contribution >= 0.6 is 0 Å². The Hall–Kier alpha value is -2.61. The van der Waals surface area contributed by atoms with Crippen LogP contribution < -0.4 is 9.47 Å². The molecule has 2 aromatic rings. The van der Waals surface area contributed by atoms with Crippen molar-refractivity contribution in [3.63, 3.8) is 0 Å².